The number of nitrogens with one attached hydrogen (secondary N) is 1. The predicted molar refractivity (Wildman–Crippen MR) is 111 cm³/mol. The molecule has 2 atom stereocenters. The molecule has 1 aliphatic heterocycles. The molecule has 0 bridgehead atoms. The highest BCUT2D eigenvalue weighted by molar-refractivity contribution is 5.45. The Hall–Kier alpha value is -3.04. The highest BCUT2D eigenvalue weighted by Gasteiger charge is 2.33. The smallest absolute Gasteiger partial charge is 0.226 e. The molecule has 3 heterocycles. The summed E-state index contributed by atoms with van der Waals surface area (Å²) in [6.45, 7) is 2.22. The van der Waals surface area contributed by atoms with Crippen LogP contribution < -0.4 is 15.1 Å². The fraction of sp³-hybridized carbons (Fsp3) is 0.400. The fourth-order valence-electron chi connectivity index (χ4n) is 3.53. The topological polar surface area (TPSA) is 84.2 Å². The normalized spacial score (nSPS) is 18.9. The van der Waals surface area contributed by atoms with Gasteiger partial charge in [-0.05, 0) is 18.2 Å². The van der Waals surface area contributed by atoms with Gasteiger partial charge in [0.2, 0.25) is 5.95 Å². The third kappa shape index (κ3) is 4.20. The zero-order chi connectivity index (χ0) is 20.2. The molecule has 1 aliphatic rings. The second kappa shape index (κ2) is 8.54. The first-order valence-electron chi connectivity index (χ1n) is 9.62. The van der Waals surface area contributed by atoms with E-state index in [0.29, 0.717) is 12.5 Å². The molecule has 29 heavy (non-hydrogen) atoms. The number of nitrogens with zero attached hydrogens (tertiary/aromatic N) is 7. The molecular formula is C20H26N8O. The second-order valence-electron chi connectivity index (χ2n) is 7.25. The summed E-state index contributed by atoms with van der Waals surface area (Å²) in [5.41, 5.74) is 2.00. The van der Waals surface area contributed by atoms with Crippen LogP contribution in [0.4, 0.5) is 11.8 Å². The number of rotatable bonds is 7. The van der Waals surface area contributed by atoms with E-state index in [4.69, 9.17) is 4.74 Å². The zero-order valence-corrected chi connectivity index (χ0v) is 16.9. The molecule has 152 valence electrons. The van der Waals surface area contributed by atoms with E-state index in [1.165, 1.54) is 0 Å². The van der Waals surface area contributed by atoms with E-state index in [-0.39, 0.29) is 12.1 Å². The van der Waals surface area contributed by atoms with E-state index in [1.807, 2.05) is 60.1 Å². The molecule has 1 N–H and O–H groups in total. The minimum Gasteiger partial charge on any atom is -0.378 e. The van der Waals surface area contributed by atoms with Gasteiger partial charge < -0.3 is 19.9 Å². The van der Waals surface area contributed by atoms with Crippen molar-refractivity contribution in [2.75, 3.05) is 44.1 Å². The summed E-state index contributed by atoms with van der Waals surface area (Å²) in [5.74, 6) is 1.61. The van der Waals surface area contributed by atoms with Crippen molar-refractivity contribution in [2.45, 2.75) is 18.7 Å². The standard InChI is InChI=1S/C20H26N8O/c1-26(2)20-21-10-9-19(24-20)27-13-17(18(14-27)29-3)22-11-16-12-23-25-28(16)15-7-5-4-6-8-15/h4-10,12,17-18,22H,11,13-14H2,1-3H3/t17-,18+/m0/s1. The van der Waals surface area contributed by atoms with Crippen molar-refractivity contribution in [1.29, 1.82) is 0 Å². The van der Waals surface area contributed by atoms with E-state index in [0.717, 1.165) is 30.3 Å². The van der Waals surface area contributed by atoms with Gasteiger partial charge in [-0.1, -0.05) is 23.4 Å². The van der Waals surface area contributed by atoms with Crippen LogP contribution in [-0.4, -0.2) is 71.4 Å². The van der Waals surface area contributed by atoms with Crippen LogP contribution in [0.3, 0.4) is 0 Å². The van der Waals surface area contributed by atoms with Gasteiger partial charge in [-0.15, -0.1) is 5.10 Å². The molecule has 0 saturated carbocycles. The Bertz CT molecular complexity index is 929. The minimum absolute atomic E-state index is 0.0637. The van der Waals surface area contributed by atoms with Crippen LogP contribution in [0.5, 0.6) is 0 Å². The molecular weight excluding hydrogens is 368 g/mol. The van der Waals surface area contributed by atoms with Crippen molar-refractivity contribution in [3.05, 3.63) is 54.5 Å². The van der Waals surface area contributed by atoms with Crippen LogP contribution in [0.25, 0.3) is 5.69 Å². The molecule has 4 rings (SSSR count). The van der Waals surface area contributed by atoms with Gasteiger partial charge in [0.1, 0.15) is 5.82 Å². The van der Waals surface area contributed by atoms with E-state index in [9.17, 15) is 0 Å². The average Bonchev–Trinajstić information content (AvgIpc) is 3.39. The molecule has 0 amide bonds. The highest BCUT2D eigenvalue weighted by atomic mass is 16.5. The van der Waals surface area contributed by atoms with Crippen LogP contribution in [0.2, 0.25) is 0 Å². The van der Waals surface area contributed by atoms with Gasteiger partial charge >= 0.3 is 0 Å². The van der Waals surface area contributed by atoms with Crippen LogP contribution in [0.1, 0.15) is 5.69 Å². The molecule has 2 aromatic heterocycles. The summed E-state index contributed by atoms with van der Waals surface area (Å²) in [4.78, 5) is 13.1. The van der Waals surface area contributed by atoms with Gasteiger partial charge in [0.15, 0.2) is 0 Å². The van der Waals surface area contributed by atoms with Crippen molar-refractivity contribution in [3.8, 4) is 5.69 Å². The average molecular weight is 394 g/mol. The Morgan fingerprint density at radius 1 is 1.17 bits per heavy atom. The molecule has 0 radical (unpaired) electrons. The van der Waals surface area contributed by atoms with Gasteiger partial charge in [0, 0.05) is 47.0 Å². The summed E-state index contributed by atoms with van der Waals surface area (Å²) >= 11 is 0. The number of hydrogen-bond acceptors (Lipinski definition) is 8. The highest BCUT2D eigenvalue weighted by Crippen LogP contribution is 2.22. The first-order valence-corrected chi connectivity index (χ1v) is 9.62. The Labute approximate surface area is 170 Å². The van der Waals surface area contributed by atoms with Gasteiger partial charge in [-0.3, -0.25) is 0 Å². The van der Waals surface area contributed by atoms with E-state index in [1.54, 1.807) is 19.5 Å². The number of benzene rings is 1. The van der Waals surface area contributed by atoms with Crippen molar-refractivity contribution < 1.29 is 4.74 Å². The Balaban J connectivity index is 1.45. The largest absolute Gasteiger partial charge is 0.378 e. The first kappa shape index (κ1) is 19.3. The SMILES string of the molecule is CO[C@@H]1CN(c2ccnc(N(C)C)n2)C[C@@H]1NCc1cnnn1-c1ccccc1. The van der Waals surface area contributed by atoms with E-state index in [2.05, 4.69) is 30.5 Å². The quantitative estimate of drug-likeness (QED) is 0.638. The summed E-state index contributed by atoms with van der Waals surface area (Å²) in [6.07, 6.45) is 3.65. The summed E-state index contributed by atoms with van der Waals surface area (Å²) in [7, 11) is 5.63. The van der Waals surface area contributed by atoms with Crippen molar-refractivity contribution >= 4 is 11.8 Å². The summed E-state index contributed by atoms with van der Waals surface area (Å²) in [5, 5.41) is 11.9. The van der Waals surface area contributed by atoms with Crippen molar-refractivity contribution in [1.82, 2.24) is 30.3 Å². The summed E-state index contributed by atoms with van der Waals surface area (Å²) < 4.78 is 7.60. The van der Waals surface area contributed by atoms with E-state index < -0.39 is 0 Å². The maximum Gasteiger partial charge on any atom is 0.226 e. The van der Waals surface area contributed by atoms with Crippen LogP contribution >= 0.6 is 0 Å². The summed E-state index contributed by atoms with van der Waals surface area (Å²) in [6, 6.07) is 12.1. The lowest BCUT2D eigenvalue weighted by Gasteiger charge is -2.19. The Morgan fingerprint density at radius 3 is 2.76 bits per heavy atom. The number of ether oxygens (including phenoxy) is 1. The monoisotopic (exact) mass is 394 g/mol. The van der Waals surface area contributed by atoms with Gasteiger partial charge in [-0.2, -0.15) is 4.98 Å². The maximum absolute atomic E-state index is 5.74. The van der Waals surface area contributed by atoms with Gasteiger partial charge in [0.25, 0.3) is 0 Å². The zero-order valence-electron chi connectivity index (χ0n) is 16.9. The van der Waals surface area contributed by atoms with Crippen LogP contribution in [-0.2, 0) is 11.3 Å². The van der Waals surface area contributed by atoms with Gasteiger partial charge in [0.05, 0.1) is 29.7 Å². The third-order valence-electron chi connectivity index (χ3n) is 5.09. The Kier molecular flexibility index (Phi) is 5.68. The van der Waals surface area contributed by atoms with Gasteiger partial charge in [-0.25, -0.2) is 9.67 Å². The molecule has 9 heteroatoms. The lowest BCUT2D eigenvalue weighted by atomic mass is 10.2. The number of hydrogen-bond donors (Lipinski definition) is 1. The number of anilines is 2. The van der Waals surface area contributed by atoms with Crippen LogP contribution in [0.15, 0.2) is 48.8 Å². The molecule has 1 fully saturated rings. The Morgan fingerprint density at radius 2 is 2.00 bits per heavy atom. The minimum atomic E-state index is 0.0637. The van der Waals surface area contributed by atoms with Crippen molar-refractivity contribution in [2.24, 2.45) is 0 Å². The lowest BCUT2D eigenvalue weighted by Crippen LogP contribution is -2.40. The molecule has 0 spiro atoms. The number of methoxy groups -OCH3 is 1. The van der Waals surface area contributed by atoms with E-state index >= 15 is 0 Å². The third-order valence-corrected chi connectivity index (χ3v) is 5.09. The molecule has 0 unspecified atom stereocenters. The molecule has 1 aromatic carbocycles. The molecule has 0 aliphatic carbocycles. The molecule has 3 aromatic rings. The first-order chi connectivity index (χ1) is 14.2. The maximum atomic E-state index is 5.74. The number of para-hydroxylation sites is 1. The molecule has 9 nitrogen and oxygen atoms in total. The predicted octanol–water partition coefficient (Wildman–Crippen LogP) is 1.12. The lowest BCUT2D eigenvalue weighted by molar-refractivity contribution is 0.0965. The second-order valence-corrected chi connectivity index (χ2v) is 7.25. The van der Waals surface area contributed by atoms with Crippen molar-refractivity contribution in [3.63, 3.8) is 0 Å². The number of aromatic nitrogens is 5. The fourth-order valence-corrected chi connectivity index (χ4v) is 3.53. The molecule has 1 saturated heterocycles. The van der Waals surface area contributed by atoms with Crippen LogP contribution in [0, 0.1) is 0 Å².